The summed E-state index contributed by atoms with van der Waals surface area (Å²) < 4.78 is 0. The van der Waals surface area contributed by atoms with Crippen LogP contribution in [0.2, 0.25) is 0 Å². The van der Waals surface area contributed by atoms with Crippen LogP contribution in [0.1, 0.15) is 42.9 Å². The van der Waals surface area contributed by atoms with E-state index in [-0.39, 0.29) is 18.4 Å². The highest BCUT2D eigenvalue weighted by Gasteiger charge is 2.28. The van der Waals surface area contributed by atoms with Crippen molar-refractivity contribution in [1.82, 2.24) is 10.2 Å². The third-order valence-electron chi connectivity index (χ3n) is 5.14. The number of amides is 1. The van der Waals surface area contributed by atoms with Crippen molar-refractivity contribution in [2.75, 3.05) is 31.1 Å². The van der Waals surface area contributed by atoms with Crippen LogP contribution < -0.4 is 5.32 Å². The van der Waals surface area contributed by atoms with Crippen LogP contribution in [0.15, 0.2) is 24.3 Å². The summed E-state index contributed by atoms with van der Waals surface area (Å²) in [6, 6.07) is 8.96. The lowest BCUT2D eigenvalue weighted by atomic mass is 9.93. The first-order valence-corrected chi connectivity index (χ1v) is 10.0. The topological polar surface area (TPSA) is 32.3 Å². The summed E-state index contributed by atoms with van der Waals surface area (Å²) in [7, 11) is 0. The number of carbonyl (C=O) groups is 1. The number of halogens is 1. The molecule has 0 bridgehead atoms. The first kappa shape index (κ1) is 19.6. The average Bonchev–Trinajstić information content (AvgIpc) is 2.61. The summed E-state index contributed by atoms with van der Waals surface area (Å²) in [4.78, 5) is 14.9. The fraction of sp³-hybridized carbons (Fsp3) is 0.632. The molecule has 0 aromatic heterocycles. The molecule has 2 heterocycles. The molecule has 1 atom stereocenters. The Balaban J connectivity index is 0.00000208. The molecule has 134 valence electrons. The number of nitrogens with zero attached hydrogens (tertiary/aromatic N) is 1. The van der Waals surface area contributed by atoms with Crippen LogP contribution in [0.3, 0.4) is 0 Å². The average molecular weight is 369 g/mol. The lowest BCUT2D eigenvalue weighted by Gasteiger charge is -2.36. The Hall–Kier alpha value is -0.710. The summed E-state index contributed by atoms with van der Waals surface area (Å²) in [5, 5.41) is 3.40. The van der Waals surface area contributed by atoms with Gasteiger partial charge in [0.1, 0.15) is 0 Å². The molecule has 5 heteroatoms. The normalized spacial score (nSPS) is 22.0. The number of carbonyl (C=O) groups excluding carboxylic acids is 1. The van der Waals surface area contributed by atoms with Gasteiger partial charge >= 0.3 is 0 Å². The van der Waals surface area contributed by atoms with E-state index in [0.29, 0.717) is 5.91 Å². The van der Waals surface area contributed by atoms with Gasteiger partial charge in [0.15, 0.2) is 0 Å². The van der Waals surface area contributed by atoms with E-state index < -0.39 is 0 Å². The fourth-order valence-corrected chi connectivity index (χ4v) is 4.70. The van der Waals surface area contributed by atoms with E-state index in [1.54, 1.807) is 0 Å². The molecule has 1 amide bonds. The minimum atomic E-state index is 0. The molecule has 2 aliphatic rings. The highest BCUT2D eigenvalue weighted by atomic mass is 35.5. The van der Waals surface area contributed by atoms with E-state index in [1.165, 1.54) is 24.0 Å². The van der Waals surface area contributed by atoms with Crippen molar-refractivity contribution >= 4 is 30.1 Å². The van der Waals surface area contributed by atoms with Gasteiger partial charge in [0.25, 0.3) is 0 Å². The molecule has 0 spiro atoms. The molecular formula is C19H29ClN2OS. The van der Waals surface area contributed by atoms with E-state index in [9.17, 15) is 4.79 Å². The second kappa shape index (κ2) is 9.69. The van der Waals surface area contributed by atoms with Gasteiger partial charge in [-0.15, -0.1) is 12.4 Å². The number of thioether (sulfide) groups is 1. The van der Waals surface area contributed by atoms with Crippen LogP contribution in [0.4, 0.5) is 0 Å². The lowest BCUT2D eigenvalue weighted by Crippen LogP contribution is -2.41. The molecule has 3 rings (SSSR count). The lowest BCUT2D eigenvalue weighted by molar-refractivity contribution is -0.133. The number of nitrogens with one attached hydrogen (secondary N) is 1. The third-order valence-corrected chi connectivity index (χ3v) is 6.16. The van der Waals surface area contributed by atoms with Crippen molar-refractivity contribution in [2.24, 2.45) is 5.92 Å². The predicted molar refractivity (Wildman–Crippen MR) is 105 cm³/mol. The highest BCUT2D eigenvalue weighted by Crippen LogP contribution is 2.31. The van der Waals surface area contributed by atoms with Gasteiger partial charge in [-0.1, -0.05) is 29.8 Å². The summed E-state index contributed by atoms with van der Waals surface area (Å²) in [6.45, 7) is 5.24. The summed E-state index contributed by atoms with van der Waals surface area (Å²) in [5.74, 6) is 3.19. The van der Waals surface area contributed by atoms with Gasteiger partial charge in [-0.2, -0.15) is 11.8 Å². The molecule has 0 radical (unpaired) electrons. The van der Waals surface area contributed by atoms with Crippen molar-refractivity contribution in [1.29, 1.82) is 0 Å². The number of rotatable bonds is 4. The van der Waals surface area contributed by atoms with Gasteiger partial charge in [-0.05, 0) is 50.8 Å². The third kappa shape index (κ3) is 5.14. The minimum absolute atomic E-state index is 0. The maximum absolute atomic E-state index is 12.8. The molecule has 24 heavy (non-hydrogen) atoms. The highest BCUT2D eigenvalue weighted by molar-refractivity contribution is 7.99. The Labute approximate surface area is 156 Å². The molecule has 1 aromatic rings. The number of aryl methyl sites for hydroxylation is 1. The summed E-state index contributed by atoms with van der Waals surface area (Å²) >= 11 is 1.97. The van der Waals surface area contributed by atoms with E-state index in [1.807, 2.05) is 11.8 Å². The van der Waals surface area contributed by atoms with Crippen molar-refractivity contribution in [2.45, 2.75) is 38.6 Å². The number of benzene rings is 1. The SMILES string of the molecule is Cc1ccc(C2CSCCN2C(=O)CCC2CCNCC2)cc1.Cl. The Bertz CT molecular complexity index is 517. The first-order chi connectivity index (χ1) is 11.2. The van der Waals surface area contributed by atoms with Gasteiger partial charge in [-0.3, -0.25) is 4.79 Å². The molecule has 1 aromatic carbocycles. The predicted octanol–water partition coefficient (Wildman–Crippen LogP) is 3.81. The molecule has 2 aliphatic heterocycles. The van der Waals surface area contributed by atoms with E-state index in [0.717, 1.165) is 49.9 Å². The molecule has 0 aliphatic carbocycles. The standard InChI is InChI=1S/C19H28N2OS.ClH/c1-15-2-5-17(6-3-15)18-14-23-13-12-21(18)19(22)7-4-16-8-10-20-11-9-16;/h2-3,5-6,16,18,20H,4,7-14H2,1H3;1H. The second-order valence-corrected chi connectivity index (χ2v) is 7.97. The van der Waals surface area contributed by atoms with Crippen molar-refractivity contribution < 1.29 is 4.79 Å². The maximum Gasteiger partial charge on any atom is 0.223 e. The Kier molecular flexibility index (Phi) is 7.92. The Morgan fingerprint density at radius 3 is 2.67 bits per heavy atom. The molecule has 1 N–H and O–H groups in total. The van der Waals surface area contributed by atoms with Crippen molar-refractivity contribution in [3.8, 4) is 0 Å². The monoisotopic (exact) mass is 368 g/mol. The second-order valence-electron chi connectivity index (χ2n) is 6.82. The minimum Gasteiger partial charge on any atom is -0.334 e. The van der Waals surface area contributed by atoms with Crippen LogP contribution in [-0.2, 0) is 4.79 Å². The Morgan fingerprint density at radius 2 is 1.96 bits per heavy atom. The van der Waals surface area contributed by atoms with Crippen LogP contribution in [0.25, 0.3) is 0 Å². The number of piperidine rings is 1. The summed E-state index contributed by atoms with van der Waals surface area (Å²) in [6.07, 6.45) is 4.23. The molecule has 2 fully saturated rings. The quantitative estimate of drug-likeness (QED) is 0.876. The number of hydrogen-bond donors (Lipinski definition) is 1. The fourth-order valence-electron chi connectivity index (χ4n) is 3.61. The van der Waals surface area contributed by atoms with Crippen LogP contribution in [0, 0.1) is 12.8 Å². The van der Waals surface area contributed by atoms with Crippen LogP contribution in [0.5, 0.6) is 0 Å². The van der Waals surface area contributed by atoms with E-state index >= 15 is 0 Å². The first-order valence-electron chi connectivity index (χ1n) is 8.88. The molecule has 2 saturated heterocycles. The van der Waals surface area contributed by atoms with Gasteiger partial charge in [-0.25, -0.2) is 0 Å². The maximum atomic E-state index is 12.8. The zero-order valence-corrected chi connectivity index (χ0v) is 16.1. The number of hydrogen-bond acceptors (Lipinski definition) is 3. The van der Waals surface area contributed by atoms with Gasteiger partial charge in [0.05, 0.1) is 6.04 Å². The van der Waals surface area contributed by atoms with E-state index in [2.05, 4.69) is 41.4 Å². The van der Waals surface area contributed by atoms with Crippen LogP contribution >= 0.6 is 24.2 Å². The molecule has 3 nitrogen and oxygen atoms in total. The Morgan fingerprint density at radius 1 is 1.25 bits per heavy atom. The summed E-state index contributed by atoms with van der Waals surface area (Å²) in [5.41, 5.74) is 2.57. The van der Waals surface area contributed by atoms with Gasteiger partial charge < -0.3 is 10.2 Å². The van der Waals surface area contributed by atoms with Crippen molar-refractivity contribution in [3.63, 3.8) is 0 Å². The zero-order valence-electron chi connectivity index (χ0n) is 14.5. The van der Waals surface area contributed by atoms with Gasteiger partial charge in [0.2, 0.25) is 5.91 Å². The molecule has 1 unspecified atom stereocenters. The molecule has 0 saturated carbocycles. The van der Waals surface area contributed by atoms with E-state index in [4.69, 9.17) is 0 Å². The van der Waals surface area contributed by atoms with Crippen molar-refractivity contribution in [3.05, 3.63) is 35.4 Å². The van der Waals surface area contributed by atoms with Gasteiger partial charge in [0, 0.05) is 24.5 Å². The zero-order chi connectivity index (χ0) is 16.1. The molecular weight excluding hydrogens is 340 g/mol. The largest absolute Gasteiger partial charge is 0.334 e. The smallest absolute Gasteiger partial charge is 0.223 e. The van der Waals surface area contributed by atoms with Crippen LogP contribution in [-0.4, -0.2) is 41.9 Å².